The molecule has 0 atom stereocenters. The summed E-state index contributed by atoms with van der Waals surface area (Å²) in [5.74, 6) is 0.900. The first-order chi connectivity index (χ1) is 17.5. The Hall–Kier alpha value is -2.58. The topological polar surface area (TPSA) is 48.4 Å². The summed E-state index contributed by atoms with van der Waals surface area (Å²) in [6.45, 7) is 6.28. The summed E-state index contributed by atoms with van der Waals surface area (Å²) in [6, 6.07) is 14.7. The molecule has 0 aromatic heterocycles. The number of thioether (sulfide) groups is 2. The van der Waals surface area contributed by atoms with E-state index in [1.807, 2.05) is 24.1 Å². The van der Waals surface area contributed by atoms with Crippen LogP contribution in [0.5, 0.6) is 5.75 Å². The van der Waals surface area contributed by atoms with Crippen molar-refractivity contribution in [3.8, 4) is 5.75 Å². The summed E-state index contributed by atoms with van der Waals surface area (Å²) in [7, 11) is 3.71. The van der Waals surface area contributed by atoms with Crippen LogP contribution < -0.4 is 14.5 Å². The lowest BCUT2D eigenvalue weighted by Gasteiger charge is -2.30. The van der Waals surface area contributed by atoms with Crippen LogP contribution in [0.25, 0.3) is 0 Å². The molecule has 8 heteroatoms. The summed E-state index contributed by atoms with van der Waals surface area (Å²) < 4.78 is 5.43. The molecule has 2 aliphatic heterocycles. The van der Waals surface area contributed by atoms with Gasteiger partial charge in [0, 0.05) is 42.8 Å². The number of hydrogen-bond donors (Lipinski definition) is 0. The van der Waals surface area contributed by atoms with Gasteiger partial charge in [0.05, 0.1) is 23.5 Å². The molecule has 0 bridgehead atoms. The number of ether oxygens (including phenoxy) is 1. The Balaban J connectivity index is 1.50. The molecule has 1 saturated heterocycles. The van der Waals surface area contributed by atoms with E-state index in [0.717, 1.165) is 75.9 Å². The van der Waals surface area contributed by atoms with Crippen LogP contribution in [0.15, 0.2) is 62.3 Å². The van der Waals surface area contributed by atoms with Crippen molar-refractivity contribution in [3.05, 3.63) is 52.4 Å². The number of aliphatic imine (C=N–C) groups is 1. The van der Waals surface area contributed by atoms with E-state index in [2.05, 4.69) is 54.0 Å². The number of amides is 1. The van der Waals surface area contributed by atoms with E-state index >= 15 is 0 Å². The third kappa shape index (κ3) is 4.73. The Morgan fingerprint density at radius 2 is 1.75 bits per heavy atom. The van der Waals surface area contributed by atoms with Crippen molar-refractivity contribution < 1.29 is 9.53 Å². The molecule has 2 aromatic carbocycles. The van der Waals surface area contributed by atoms with Crippen molar-refractivity contribution in [3.63, 3.8) is 0 Å². The number of fused-ring (bicyclic) bond motifs is 1. The van der Waals surface area contributed by atoms with E-state index < -0.39 is 0 Å². The van der Waals surface area contributed by atoms with Gasteiger partial charge < -0.3 is 14.5 Å². The lowest BCUT2D eigenvalue weighted by atomic mass is 9.94. The van der Waals surface area contributed by atoms with Crippen molar-refractivity contribution in [2.45, 2.75) is 56.9 Å². The second-order valence-corrected chi connectivity index (χ2v) is 11.3. The van der Waals surface area contributed by atoms with E-state index in [-0.39, 0.29) is 11.9 Å². The van der Waals surface area contributed by atoms with Crippen molar-refractivity contribution in [2.24, 2.45) is 4.99 Å². The van der Waals surface area contributed by atoms with E-state index in [1.54, 1.807) is 18.9 Å². The normalized spacial score (nSPS) is 21.4. The molecule has 1 amide bonds. The molecule has 1 saturated carbocycles. The molecule has 36 heavy (non-hydrogen) atoms. The largest absolute Gasteiger partial charge is 0.497 e. The Morgan fingerprint density at radius 1 is 1.03 bits per heavy atom. The predicted molar refractivity (Wildman–Crippen MR) is 153 cm³/mol. The molecule has 0 spiro atoms. The highest BCUT2D eigenvalue weighted by molar-refractivity contribution is 8.19. The van der Waals surface area contributed by atoms with Crippen molar-refractivity contribution in [2.75, 3.05) is 37.0 Å². The van der Waals surface area contributed by atoms with Crippen LogP contribution in [-0.2, 0) is 4.79 Å². The summed E-state index contributed by atoms with van der Waals surface area (Å²) in [5, 5.41) is 1.77. The van der Waals surface area contributed by atoms with E-state index in [9.17, 15) is 4.79 Å². The number of anilines is 2. The third-order valence-electron chi connectivity index (χ3n) is 7.19. The Kier molecular flexibility index (Phi) is 7.53. The first-order valence-corrected chi connectivity index (χ1v) is 14.5. The van der Waals surface area contributed by atoms with Crippen LogP contribution in [0.1, 0.15) is 46.0 Å². The number of carbonyl (C=O) groups is 1. The highest BCUT2D eigenvalue weighted by atomic mass is 32.2. The summed E-state index contributed by atoms with van der Waals surface area (Å²) in [5.41, 5.74) is 3.15. The molecule has 190 valence electrons. The van der Waals surface area contributed by atoms with Crippen LogP contribution >= 0.6 is 23.5 Å². The fraction of sp³-hybridized carbons (Fsp3) is 0.429. The molecule has 5 rings (SSSR count). The summed E-state index contributed by atoms with van der Waals surface area (Å²) >= 11 is 3.17. The second-order valence-electron chi connectivity index (χ2n) is 9.28. The molecule has 0 radical (unpaired) electrons. The van der Waals surface area contributed by atoms with Gasteiger partial charge in [-0.1, -0.05) is 31.0 Å². The molecule has 1 aliphatic carbocycles. The Labute approximate surface area is 222 Å². The van der Waals surface area contributed by atoms with E-state index in [1.165, 1.54) is 23.9 Å². The molecule has 2 aromatic rings. The number of nitrogens with zero attached hydrogens (tertiary/aromatic N) is 4. The number of methoxy groups -OCH3 is 1. The zero-order valence-electron chi connectivity index (χ0n) is 21.5. The van der Waals surface area contributed by atoms with Crippen molar-refractivity contribution in [1.82, 2.24) is 4.90 Å². The molecule has 2 fully saturated rings. The number of rotatable bonds is 6. The van der Waals surface area contributed by atoms with Gasteiger partial charge in [0.1, 0.15) is 10.7 Å². The summed E-state index contributed by atoms with van der Waals surface area (Å²) in [6.07, 6.45) is 5.65. The zero-order valence-corrected chi connectivity index (χ0v) is 23.1. The fourth-order valence-electron chi connectivity index (χ4n) is 5.14. The lowest BCUT2D eigenvalue weighted by Crippen LogP contribution is -2.40. The minimum atomic E-state index is 0.0829. The minimum Gasteiger partial charge on any atom is -0.497 e. The number of benzene rings is 2. The van der Waals surface area contributed by atoms with Crippen molar-refractivity contribution in [1.29, 1.82) is 0 Å². The van der Waals surface area contributed by atoms with Gasteiger partial charge in [-0.05, 0) is 74.8 Å². The maximum absolute atomic E-state index is 13.9. The van der Waals surface area contributed by atoms with Gasteiger partial charge in [0.15, 0.2) is 5.17 Å². The highest BCUT2D eigenvalue weighted by Crippen LogP contribution is 2.51. The van der Waals surface area contributed by atoms with E-state index in [4.69, 9.17) is 9.73 Å². The second kappa shape index (κ2) is 10.8. The van der Waals surface area contributed by atoms with Gasteiger partial charge in [-0.15, -0.1) is 0 Å². The maximum atomic E-state index is 13.9. The SMILES string of the molecule is CCN(CC)c1ccc(N=C2S/C(=C3\Sc4ccc(OC)cc4N3C)C(=O)N2C2CCCCC2)cc1. The van der Waals surface area contributed by atoms with Gasteiger partial charge in [-0.3, -0.25) is 9.69 Å². The van der Waals surface area contributed by atoms with Crippen LogP contribution in [0.2, 0.25) is 0 Å². The van der Waals surface area contributed by atoms with Gasteiger partial charge in [0.2, 0.25) is 0 Å². The molecule has 0 N–H and O–H groups in total. The smallest absolute Gasteiger partial charge is 0.269 e. The van der Waals surface area contributed by atoms with Crippen LogP contribution in [-0.4, -0.2) is 49.3 Å². The maximum Gasteiger partial charge on any atom is 0.269 e. The van der Waals surface area contributed by atoms with Crippen molar-refractivity contribution >= 4 is 51.7 Å². The van der Waals surface area contributed by atoms with Gasteiger partial charge in [-0.25, -0.2) is 4.99 Å². The minimum absolute atomic E-state index is 0.0829. The first-order valence-electron chi connectivity index (χ1n) is 12.8. The number of amidine groups is 1. The van der Waals surface area contributed by atoms with Gasteiger partial charge in [0.25, 0.3) is 5.91 Å². The molecular formula is C28H34N4O2S2. The molecule has 0 unspecified atom stereocenters. The Bertz CT molecular complexity index is 1180. The average Bonchev–Trinajstić information content (AvgIpc) is 3.41. The highest BCUT2D eigenvalue weighted by Gasteiger charge is 2.42. The quantitative estimate of drug-likeness (QED) is 0.387. The number of carbonyl (C=O) groups excluding carboxylic acids is 1. The van der Waals surface area contributed by atoms with Gasteiger partial charge >= 0.3 is 0 Å². The first kappa shape index (κ1) is 25.1. The monoisotopic (exact) mass is 522 g/mol. The Morgan fingerprint density at radius 3 is 2.42 bits per heavy atom. The molecular weight excluding hydrogens is 488 g/mol. The molecule has 2 heterocycles. The number of hydrogen-bond acceptors (Lipinski definition) is 7. The molecule has 3 aliphatic rings. The standard InChI is InChI=1S/C28H34N4O2S2/c1-5-31(6-2)20-14-12-19(13-15-20)29-28-32(21-10-8-7-9-11-21)26(33)25(36-28)27-30(3)23-18-22(34-4)16-17-24(23)35-27/h12-18,21H,5-11H2,1-4H3/b27-25-,29-28?. The van der Waals surface area contributed by atoms with Crippen LogP contribution in [0, 0.1) is 0 Å². The van der Waals surface area contributed by atoms with Gasteiger partial charge in [-0.2, -0.15) is 0 Å². The van der Waals surface area contributed by atoms with E-state index in [0.29, 0.717) is 0 Å². The summed E-state index contributed by atoms with van der Waals surface area (Å²) in [4.78, 5) is 27.3. The molecule has 6 nitrogen and oxygen atoms in total. The third-order valence-corrected chi connectivity index (χ3v) is 9.60. The van der Waals surface area contributed by atoms with Crippen LogP contribution in [0.4, 0.5) is 17.1 Å². The lowest BCUT2D eigenvalue weighted by molar-refractivity contribution is -0.124. The average molecular weight is 523 g/mol. The predicted octanol–water partition coefficient (Wildman–Crippen LogP) is 6.85. The van der Waals surface area contributed by atoms with Crippen LogP contribution in [0.3, 0.4) is 0 Å². The fourth-order valence-corrected chi connectivity index (χ4v) is 7.53. The zero-order chi connectivity index (χ0) is 25.2.